The van der Waals surface area contributed by atoms with Gasteiger partial charge >= 0.3 is 5.97 Å². The van der Waals surface area contributed by atoms with Gasteiger partial charge in [0.2, 0.25) is 0 Å². The van der Waals surface area contributed by atoms with Crippen LogP contribution in [0.25, 0.3) is 6.08 Å². The molecule has 0 atom stereocenters. The van der Waals surface area contributed by atoms with E-state index in [1.807, 2.05) is 19.1 Å². The summed E-state index contributed by atoms with van der Waals surface area (Å²) >= 11 is 0. The molecule has 0 amide bonds. The summed E-state index contributed by atoms with van der Waals surface area (Å²) in [6, 6.07) is 13.0. The highest BCUT2D eigenvalue weighted by Gasteiger charge is 2.14. The van der Waals surface area contributed by atoms with Gasteiger partial charge in [-0.3, -0.25) is 4.72 Å². The topological polar surface area (TPSA) is 83.5 Å². The minimum atomic E-state index is -3.72. The molecule has 6 heteroatoms. The Morgan fingerprint density at radius 2 is 1.82 bits per heavy atom. The van der Waals surface area contributed by atoms with Crippen molar-refractivity contribution in [1.29, 1.82) is 0 Å². The van der Waals surface area contributed by atoms with Crippen LogP contribution in [0.2, 0.25) is 0 Å². The highest BCUT2D eigenvalue weighted by molar-refractivity contribution is 7.92. The Bertz CT molecular complexity index is 808. The van der Waals surface area contributed by atoms with Crippen LogP contribution in [0, 0.1) is 6.92 Å². The van der Waals surface area contributed by atoms with E-state index in [0.717, 1.165) is 11.6 Å². The molecule has 0 unspecified atom stereocenters. The average Bonchev–Trinajstić information content (AvgIpc) is 2.48. The molecule has 0 heterocycles. The second-order valence-electron chi connectivity index (χ2n) is 4.72. The lowest BCUT2D eigenvalue weighted by Gasteiger charge is -2.09. The van der Waals surface area contributed by atoms with Gasteiger partial charge in [0.05, 0.1) is 4.90 Å². The van der Waals surface area contributed by atoms with E-state index in [1.54, 1.807) is 24.3 Å². The van der Waals surface area contributed by atoms with Crippen LogP contribution < -0.4 is 4.72 Å². The highest BCUT2D eigenvalue weighted by Crippen LogP contribution is 2.18. The zero-order valence-electron chi connectivity index (χ0n) is 11.9. The Balaban J connectivity index is 2.27. The molecule has 0 spiro atoms. The van der Waals surface area contributed by atoms with Crippen LogP contribution in [-0.4, -0.2) is 19.5 Å². The van der Waals surface area contributed by atoms with Gasteiger partial charge in [0, 0.05) is 11.8 Å². The normalized spacial score (nSPS) is 11.5. The molecule has 22 heavy (non-hydrogen) atoms. The number of carboxylic acid groups (broad SMARTS) is 1. The Kier molecular flexibility index (Phi) is 4.62. The zero-order valence-corrected chi connectivity index (χ0v) is 12.7. The van der Waals surface area contributed by atoms with Crippen molar-refractivity contribution in [3.8, 4) is 0 Å². The third-order valence-electron chi connectivity index (χ3n) is 2.89. The number of anilines is 1. The molecule has 0 fully saturated rings. The van der Waals surface area contributed by atoms with E-state index in [-0.39, 0.29) is 4.90 Å². The standard InChI is InChI=1S/C16H15NO4S/c1-12-5-8-14(9-6-12)17-22(20,21)15-4-2-3-13(11-15)7-10-16(18)19/h2-11,17H,1H3,(H,18,19)/b10-7+. The van der Waals surface area contributed by atoms with Crippen molar-refractivity contribution in [1.82, 2.24) is 0 Å². The van der Waals surface area contributed by atoms with Gasteiger partial charge in [0.1, 0.15) is 0 Å². The Hall–Kier alpha value is -2.60. The minimum absolute atomic E-state index is 0.0700. The van der Waals surface area contributed by atoms with Crippen LogP contribution >= 0.6 is 0 Å². The molecule has 2 N–H and O–H groups in total. The van der Waals surface area contributed by atoms with Crippen LogP contribution in [0.4, 0.5) is 5.69 Å². The number of aliphatic carboxylic acids is 1. The number of hydrogen-bond acceptors (Lipinski definition) is 3. The van der Waals surface area contributed by atoms with Gasteiger partial charge < -0.3 is 5.11 Å². The second-order valence-corrected chi connectivity index (χ2v) is 6.40. The molecule has 0 aliphatic carbocycles. The van der Waals surface area contributed by atoms with Gasteiger partial charge in [-0.1, -0.05) is 29.8 Å². The van der Waals surface area contributed by atoms with Crippen LogP contribution in [0.5, 0.6) is 0 Å². The van der Waals surface area contributed by atoms with Crippen LogP contribution in [-0.2, 0) is 14.8 Å². The van der Waals surface area contributed by atoms with Gasteiger partial charge in [-0.05, 0) is 42.8 Å². The minimum Gasteiger partial charge on any atom is -0.478 e. The molecule has 0 aliphatic heterocycles. The number of aryl methyl sites for hydroxylation is 1. The molecule has 2 rings (SSSR count). The Morgan fingerprint density at radius 1 is 1.14 bits per heavy atom. The summed E-state index contributed by atoms with van der Waals surface area (Å²) in [6.07, 6.45) is 2.30. The summed E-state index contributed by atoms with van der Waals surface area (Å²) in [5.74, 6) is -1.09. The number of carbonyl (C=O) groups is 1. The Labute approximate surface area is 129 Å². The molecule has 114 valence electrons. The summed E-state index contributed by atoms with van der Waals surface area (Å²) in [5, 5.41) is 8.60. The van der Waals surface area contributed by atoms with Crippen LogP contribution in [0.15, 0.2) is 59.5 Å². The maximum atomic E-state index is 12.3. The predicted molar refractivity (Wildman–Crippen MR) is 85.1 cm³/mol. The summed E-state index contributed by atoms with van der Waals surface area (Å²) < 4.78 is 27.1. The zero-order chi connectivity index (χ0) is 16.2. The Morgan fingerprint density at radius 3 is 2.45 bits per heavy atom. The molecule has 5 nitrogen and oxygen atoms in total. The first-order valence-electron chi connectivity index (χ1n) is 6.47. The maximum Gasteiger partial charge on any atom is 0.328 e. The molecule has 0 bridgehead atoms. The molecule has 0 aromatic heterocycles. The van der Waals surface area contributed by atoms with E-state index in [2.05, 4.69) is 4.72 Å². The quantitative estimate of drug-likeness (QED) is 0.831. The molecule has 0 saturated heterocycles. The molecular formula is C16H15NO4S. The first-order valence-corrected chi connectivity index (χ1v) is 7.96. The number of nitrogens with one attached hydrogen (secondary N) is 1. The van der Waals surface area contributed by atoms with Gasteiger partial charge in [-0.25, -0.2) is 13.2 Å². The number of carboxylic acids is 1. The van der Waals surface area contributed by atoms with Gasteiger partial charge in [-0.2, -0.15) is 0 Å². The molecule has 0 aliphatic rings. The first-order chi connectivity index (χ1) is 10.4. The first kappa shape index (κ1) is 15.8. The van der Waals surface area contributed by atoms with Crippen LogP contribution in [0.1, 0.15) is 11.1 Å². The highest BCUT2D eigenvalue weighted by atomic mass is 32.2. The van der Waals surface area contributed by atoms with Crippen molar-refractivity contribution in [2.24, 2.45) is 0 Å². The molecule has 0 saturated carbocycles. The summed E-state index contributed by atoms with van der Waals surface area (Å²) in [7, 11) is -3.72. The van der Waals surface area contributed by atoms with Gasteiger partial charge in [0.25, 0.3) is 10.0 Å². The van der Waals surface area contributed by atoms with E-state index in [1.165, 1.54) is 18.2 Å². The molecule has 0 radical (unpaired) electrons. The number of sulfonamides is 1. The number of benzene rings is 2. The largest absolute Gasteiger partial charge is 0.478 e. The SMILES string of the molecule is Cc1ccc(NS(=O)(=O)c2cccc(/C=C/C(=O)O)c2)cc1. The average molecular weight is 317 g/mol. The number of hydrogen-bond donors (Lipinski definition) is 2. The third-order valence-corrected chi connectivity index (χ3v) is 4.27. The van der Waals surface area contributed by atoms with Crippen molar-refractivity contribution in [3.05, 3.63) is 65.7 Å². The predicted octanol–water partition coefficient (Wildman–Crippen LogP) is 2.89. The van der Waals surface area contributed by atoms with Crippen molar-refractivity contribution >= 4 is 27.8 Å². The summed E-state index contributed by atoms with van der Waals surface area (Å²) in [4.78, 5) is 10.6. The van der Waals surface area contributed by atoms with Crippen molar-refractivity contribution < 1.29 is 18.3 Å². The fourth-order valence-corrected chi connectivity index (χ4v) is 2.90. The lowest BCUT2D eigenvalue weighted by atomic mass is 10.2. The lowest BCUT2D eigenvalue weighted by molar-refractivity contribution is -0.131. The number of rotatable bonds is 5. The smallest absolute Gasteiger partial charge is 0.328 e. The fourth-order valence-electron chi connectivity index (χ4n) is 1.79. The van der Waals surface area contributed by atoms with Crippen molar-refractivity contribution in [2.45, 2.75) is 11.8 Å². The molecular weight excluding hydrogens is 302 g/mol. The van der Waals surface area contributed by atoms with Crippen LogP contribution in [0.3, 0.4) is 0 Å². The summed E-state index contributed by atoms with van der Waals surface area (Å²) in [5.41, 5.74) is 2.00. The lowest BCUT2D eigenvalue weighted by Crippen LogP contribution is -2.12. The van der Waals surface area contributed by atoms with E-state index in [4.69, 9.17) is 5.11 Å². The van der Waals surface area contributed by atoms with E-state index in [9.17, 15) is 13.2 Å². The van der Waals surface area contributed by atoms with Crippen molar-refractivity contribution in [2.75, 3.05) is 4.72 Å². The van der Waals surface area contributed by atoms with E-state index >= 15 is 0 Å². The molecule has 2 aromatic rings. The fraction of sp³-hybridized carbons (Fsp3) is 0.0625. The van der Waals surface area contributed by atoms with Gasteiger partial charge in [0.15, 0.2) is 0 Å². The second kappa shape index (κ2) is 6.44. The van der Waals surface area contributed by atoms with Crippen molar-refractivity contribution in [3.63, 3.8) is 0 Å². The van der Waals surface area contributed by atoms with Gasteiger partial charge in [-0.15, -0.1) is 0 Å². The van der Waals surface area contributed by atoms with E-state index < -0.39 is 16.0 Å². The maximum absolute atomic E-state index is 12.3. The third kappa shape index (κ3) is 4.20. The molecule has 2 aromatic carbocycles. The van der Waals surface area contributed by atoms with E-state index in [0.29, 0.717) is 11.3 Å². The monoisotopic (exact) mass is 317 g/mol. The summed E-state index contributed by atoms with van der Waals surface area (Å²) in [6.45, 7) is 1.91.